The quantitative estimate of drug-likeness (QED) is 0.519. The number of hydrogen-bond donors (Lipinski definition) is 4. The highest BCUT2D eigenvalue weighted by atomic mass is 16.5. The third kappa shape index (κ3) is 5.38. The molecule has 26 heavy (non-hydrogen) atoms. The van der Waals surface area contributed by atoms with Crippen LogP contribution in [0.25, 0.3) is 0 Å². The number of ether oxygens (including phenoxy) is 1. The van der Waals surface area contributed by atoms with E-state index in [-0.39, 0.29) is 18.4 Å². The Balaban J connectivity index is 1.61. The van der Waals surface area contributed by atoms with Gasteiger partial charge >= 0.3 is 0 Å². The molecule has 1 aliphatic carbocycles. The highest BCUT2D eigenvalue weighted by Crippen LogP contribution is 2.19. The molecule has 4 N–H and O–H groups in total. The average Bonchev–Trinajstić information content (AvgIpc) is 3.25. The predicted octanol–water partition coefficient (Wildman–Crippen LogP) is 0.915. The summed E-state index contributed by atoms with van der Waals surface area (Å²) in [4.78, 5) is 24.7. The number of aromatic nitrogens is 5. The smallest absolute Gasteiger partial charge is 0.233 e. The van der Waals surface area contributed by atoms with Crippen molar-refractivity contribution in [3.63, 3.8) is 0 Å². The van der Waals surface area contributed by atoms with E-state index in [1.807, 2.05) is 6.92 Å². The summed E-state index contributed by atoms with van der Waals surface area (Å²) in [6.45, 7) is 4.30. The maximum absolute atomic E-state index is 11.8. The van der Waals surface area contributed by atoms with Crippen LogP contribution in [0.3, 0.4) is 0 Å². The van der Waals surface area contributed by atoms with Gasteiger partial charge in [-0.1, -0.05) is 0 Å². The lowest BCUT2D eigenvalue weighted by Crippen LogP contribution is -2.27. The van der Waals surface area contributed by atoms with E-state index in [2.05, 4.69) is 41.1 Å². The molecule has 140 valence electrons. The molecule has 1 fully saturated rings. The van der Waals surface area contributed by atoms with E-state index in [1.54, 1.807) is 20.1 Å². The van der Waals surface area contributed by atoms with Crippen LogP contribution in [0.1, 0.15) is 31.3 Å². The van der Waals surface area contributed by atoms with E-state index >= 15 is 0 Å². The summed E-state index contributed by atoms with van der Waals surface area (Å²) in [6, 6.07) is 2.19. The summed E-state index contributed by atoms with van der Waals surface area (Å²) in [5, 5.41) is 16.1. The molecule has 0 saturated heterocycles. The number of amides is 1. The van der Waals surface area contributed by atoms with Gasteiger partial charge in [-0.25, -0.2) is 0 Å². The van der Waals surface area contributed by atoms with Gasteiger partial charge in [0.2, 0.25) is 17.8 Å². The number of rotatable bonds is 9. The number of anilines is 3. The average molecular weight is 360 g/mol. The first-order valence-corrected chi connectivity index (χ1v) is 8.60. The summed E-state index contributed by atoms with van der Waals surface area (Å²) in [5.74, 6) is 1.96. The van der Waals surface area contributed by atoms with Gasteiger partial charge in [-0.2, -0.15) is 20.1 Å². The molecule has 1 amide bonds. The predicted molar refractivity (Wildman–Crippen MR) is 96.3 cm³/mol. The summed E-state index contributed by atoms with van der Waals surface area (Å²) < 4.78 is 5.10. The van der Waals surface area contributed by atoms with Crippen molar-refractivity contribution in [3.8, 4) is 0 Å². The van der Waals surface area contributed by atoms with Gasteiger partial charge in [0.05, 0.1) is 13.0 Å². The standard InChI is InChI=1S/C16H24N8O2/c1-9(8-26-3)17-15-18-10(2)19-16(22-15)21-13-6-12(23-24-13)7-14(25)20-11-4-5-11/h6,9,11H,4-5,7-8H2,1-3H3,(H,20,25)(H3,17,18,19,21,22,23,24). The van der Waals surface area contributed by atoms with E-state index in [4.69, 9.17) is 4.74 Å². The lowest BCUT2D eigenvalue weighted by molar-refractivity contribution is -0.120. The first kappa shape index (κ1) is 18.1. The Hall–Kier alpha value is -2.75. The molecule has 1 atom stereocenters. The topological polar surface area (TPSA) is 130 Å². The number of hydrogen-bond acceptors (Lipinski definition) is 8. The van der Waals surface area contributed by atoms with Crippen LogP contribution in [0.15, 0.2) is 6.07 Å². The molecule has 1 aliphatic rings. The summed E-state index contributed by atoms with van der Waals surface area (Å²) in [6.07, 6.45) is 2.40. The van der Waals surface area contributed by atoms with Gasteiger partial charge in [0.15, 0.2) is 5.82 Å². The molecule has 3 rings (SSSR count). The Morgan fingerprint density at radius 1 is 1.35 bits per heavy atom. The fourth-order valence-electron chi connectivity index (χ4n) is 2.42. The van der Waals surface area contributed by atoms with Crippen molar-refractivity contribution in [1.82, 2.24) is 30.5 Å². The first-order chi connectivity index (χ1) is 12.5. The molecule has 2 aromatic rings. The Kier molecular flexibility index (Phi) is 5.61. The van der Waals surface area contributed by atoms with Gasteiger partial charge in [0.25, 0.3) is 0 Å². The third-order valence-corrected chi connectivity index (χ3v) is 3.70. The minimum Gasteiger partial charge on any atom is -0.383 e. The molecule has 10 heteroatoms. The maximum atomic E-state index is 11.8. The van der Waals surface area contributed by atoms with Crippen molar-refractivity contribution >= 4 is 23.6 Å². The van der Waals surface area contributed by atoms with Crippen LogP contribution in [0.5, 0.6) is 0 Å². The fourth-order valence-corrected chi connectivity index (χ4v) is 2.42. The molecule has 0 aromatic carbocycles. The molecule has 1 saturated carbocycles. The summed E-state index contributed by atoms with van der Waals surface area (Å²) in [7, 11) is 1.64. The number of H-pyrrole nitrogens is 1. The number of nitrogens with one attached hydrogen (secondary N) is 4. The van der Waals surface area contributed by atoms with Crippen molar-refractivity contribution < 1.29 is 9.53 Å². The van der Waals surface area contributed by atoms with Crippen LogP contribution in [0, 0.1) is 6.92 Å². The maximum Gasteiger partial charge on any atom is 0.233 e. The Labute approximate surface area is 151 Å². The molecule has 0 bridgehead atoms. The van der Waals surface area contributed by atoms with Crippen LogP contribution in [-0.4, -0.2) is 56.9 Å². The zero-order valence-electron chi connectivity index (χ0n) is 15.2. The zero-order chi connectivity index (χ0) is 18.5. The van der Waals surface area contributed by atoms with Crippen LogP contribution in [0.4, 0.5) is 17.7 Å². The van der Waals surface area contributed by atoms with E-state index < -0.39 is 0 Å². The number of methoxy groups -OCH3 is 1. The number of aryl methyl sites for hydroxylation is 1. The largest absolute Gasteiger partial charge is 0.383 e. The van der Waals surface area contributed by atoms with Crippen molar-refractivity contribution in [2.45, 2.75) is 45.2 Å². The molecule has 0 radical (unpaired) electrons. The second kappa shape index (κ2) is 8.09. The van der Waals surface area contributed by atoms with Gasteiger partial charge in [-0.15, -0.1) is 0 Å². The number of carbonyl (C=O) groups is 1. The fraction of sp³-hybridized carbons (Fsp3) is 0.562. The van der Waals surface area contributed by atoms with Crippen LogP contribution in [0.2, 0.25) is 0 Å². The normalized spacial score (nSPS) is 14.7. The Morgan fingerprint density at radius 3 is 2.85 bits per heavy atom. The lowest BCUT2D eigenvalue weighted by Gasteiger charge is -2.13. The van der Waals surface area contributed by atoms with Crippen molar-refractivity contribution in [3.05, 3.63) is 17.6 Å². The van der Waals surface area contributed by atoms with E-state index in [0.717, 1.165) is 18.5 Å². The van der Waals surface area contributed by atoms with Crippen molar-refractivity contribution in [1.29, 1.82) is 0 Å². The van der Waals surface area contributed by atoms with Gasteiger partial charge < -0.3 is 20.7 Å². The minimum atomic E-state index is -0.00248. The Bertz CT molecular complexity index is 758. The van der Waals surface area contributed by atoms with Gasteiger partial charge in [0, 0.05) is 31.0 Å². The summed E-state index contributed by atoms with van der Waals surface area (Å²) in [5.41, 5.74) is 0.725. The second-order valence-corrected chi connectivity index (χ2v) is 6.45. The summed E-state index contributed by atoms with van der Waals surface area (Å²) >= 11 is 0. The molecular formula is C16H24N8O2. The number of nitrogens with zero attached hydrogens (tertiary/aromatic N) is 4. The van der Waals surface area contributed by atoms with E-state index in [1.165, 1.54) is 0 Å². The molecule has 10 nitrogen and oxygen atoms in total. The SMILES string of the molecule is COCC(C)Nc1nc(C)nc(Nc2cc(CC(=O)NC3CC3)[nH]n2)n1. The highest BCUT2D eigenvalue weighted by molar-refractivity contribution is 5.79. The lowest BCUT2D eigenvalue weighted by atomic mass is 10.3. The second-order valence-electron chi connectivity index (χ2n) is 6.45. The molecule has 1 unspecified atom stereocenters. The van der Waals surface area contributed by atoms with Crippen LogP contribution >= 0.6 is 0 Å². The number of aromatic amines is 1. The first-order valence-electron chi connectivity index (χ1n) is 8.60. The van der Waals surface area contributed by atoms with Crippen molar-refractivity contribution in [2.24, 2.45) is 0 Å². The van der Waals surface area contributed by atoms with Crippen molar-refractivity contribution in [2.75, 3.05) is 24.4 Å². The van der Waals surface area contributed by atoms with E-state index in [0.29, 0.717) is 36.2 Å². The monoisotopic (exact) mass is 360 g/mol. The molecular weight excluding hydrogens is 336 g/mol. The molecule has 0 aliphatic heterocycles. The zero-order valence-corrected chi connectivity index (χ0v) is 15.2. The minimum absolute atomic E-state index is 0.00248. The van der Waals surface area contributed by atoms with Gasteiger partial charge in [-0.05, 0) is 26.7 Å². The molecule has 0 spiro atoms. The van der Waals surface area contributed by atoms with Gasteiger partial charge in [0.1, 0.15) is 5.82 Å². The highest BCUT2D eigenvalue weighted by Gasteiger charge is 2.23. The molecule has 2 aromatic heterocycles. The number of carbonyl (C=O) groups excluding carboxylic acids is 1. The van der Waals surface area contributed by atoms with Crippen LogP contribution in [-0.2, 0) is 16.0 Å². The molecule has 2 heterocycles. The Morgan fingerprint density at radius 2 is 2.12 bits per heavy atom. The van der Waals surface area contributed by atoms with E-state index in [9.17, 15) is 4.79 Å². The third-order valence-electron chi connectivity index (χ3n) is 3.70. The van der Waals surface area contributed by atoms with Crippen LogP contribution < -0.4 is 16.0 Å². The van der Waals surface area contributed by atoms with Gasteiger partial charge in [-0.3, -0.25) is 9.89 Å².